The van der Waals surface area contributed by atoms with Gasteiger partial charge in [-0.15, -0.1) is 11.3 Å². The van der Waals surface area contributed by atoms with Gasteiger partial charge in [-0.3, -0.25) is 14.4 Å². The quantitative estimate of drug-likeness (QED) is 0.623. The summed E-state index contributed by atoms with van der Waals surface area (Å²) in [4.78, 5) is 47.2. The Morgan fingerprint density at radius 2 is 1.97 bits per heavy atom. The maximum absolute atomic E-state index is 13.5. The number of carbonyl (C=O) groups is 3. The molecule has 33 heavy (non-hydrogen) atoms. The third kappa shape index (κ3) is 5.51. The molecule has 2 saturated heterocycles. The predicted octanol–water partition coefficient (Wildman–Crippen LogP) is 2.22. The first-order chi connectivity index (χ1) is 16.1. The summed E-state index contributed by atoms with van der Waals surface area (Å²) in [6, 6.07) is 5.29. The van der Waals surface area contributed by atoms with Crippen molar-refractivity contribution in [2.45, 2.75) is 19.8 Å². The van der Waals surface area contributed by atoms with Crippen molar-refractivity contribution in [2.75, 3.05) is 56.1 Å². The maximum Gasteiger partial charge on any atom is 0.309 e. The van der Waals surface area contributed by atoms with Crippen molar-refractivity contribution < 1.29 is 19.1 Å². The molecule has 0 unspecified atom stereocenters. The number of hydrogen-bond acceptors (Lipinski definition) is 8. The fourth-order valence-corrected chi connectivity index (χ4v) is 4.78. The van der Waals surface area contributed by atoms with E-state index in [-0.39, 0.29) is 23.7 Å². The number of aromatic nitrogens is 1. The largest absolute Gasteiger partial charge is 0.466 e. The minimum absolute atomic E-state index is 0.134. The van der Waals surface area contributed by atoms with E-state index in [2.05, 4.69) is 20.5 Å². The number of pyridine rings is 1. The number of anilines is 2. The van der Waals surface area contributed by atoms with E-state index in [1.54, 1.807) is 30.2 Å². The first kappa shape index (κ1) is 23.2. The van der Waals surface area contributed by atoms with Gasteiger partial charge in [0.15, 0.2) is 0 Å². The summed E-state index contributed by atoms with van der Waals surface area (Å²) in [5.41, 5.74) is 0.951. The highest BCUT2D eigenvalue weighted by Crippen LogP contribution is 2.27. The third-order valence-electron chi connectivity index (χ3n) is 5.92. The zero-order valence-corrected chi connectivity index (χ0v) is 19.5. The number of nitrogens with zero attached hydrogens (tertiary/aromatic N) is 3. The van der Waals surface area contributed by atoms with Gasteiger partial charge in [-0.25, -0.2) is 4.98 Å². The van der Waals surface area contributed by atoms with Crippen LogP contribution in [0.1, 0.15) is 39.8 Å². The van der Waals surface area contributed by atoms with Crippen molar-refractivity contribution in [2.24, 2.45) is 5.92 Å². The molecule has 0 bridgehead atoms. The molecule has 0 atom stereocenters. The molecule has 0 aliphatic carbocycles. The van der Waals surface area contributed by atoms with Gasteiger partial charge in [0.2, 0.25) is 0 Å². The van der Waals surface area contributed by atoms with Crippen molar-refractivity contribution in [3.63, 3.8) is 0 Å². The number of hydrogen-bond donors (Lipinski definition) is 2. The highest BCUT2D eigenvalue weighted by atomic mass is 32.1. The first-order valence-electron chi connectivity index (χ1n) is 11.3. The van der Waals surface area contributed by atoms with E-state index in [4.69, 9.17) is 4.74 Å². The lowest BCUT2D eigenvalue weighted by molar-refractivity contribution is -0.149. The zero-order valence-electron chi connectivity index (χ0n) is 18.7. The smallest absolute Gasteiger partial charge is 0.309 e. The summed E-state index contributed by atoms with van der Waals surface area (Å²) >= 11 is 1.35. The number of rotatable bonds is 6. The Labute approximate surface area is 197 Å². The SMILES string of the molecule is CCOC(=O)C1CCN(C(=O)c2cc(NC(=O)c3cccs3)cnc2N2CCNCC2)CC1. The number of piperidine rings is 1. The molecule has 9 nitrogen and oxygen atoms in total. The number of amides is 2. The highest BCUT2D eigenvalue weighted by Gasteiger charge is 2.31. The van der Waals surface area contributed by atoms with Crippen LogP contribution in [0.3, 0.4) is 0 Å². The molecule has 2 aliphatic heterocycles. The monoisotopic (exact) mass is 471 g/mol. The van der Waals surface area contributed by atoms with E-state index < -0.39 is 0 Å². The summed E-state index contributed by atoms with van der Waals surface area (Å²) in [6.07, 6.45) is 2.76. The molecule has 2 aromatic rings. The molecule has 176 valence electrons. The van der Waals surface area contributed by atoms with E-state index in [1.807, 2.05) is 11.4 Å². The average molecular weight is 472 g/mol. The first-order valence-corrected chi connectivity index (χ1v) is 12.2. The lowest BCUT2D eigenvalue weighted by Crippen LogP contribution is -2.45. The van der Waals surface area contributed by atoms with Crippen LogP contribution < -0.4 is 15.5 Å². The van der Waals surface area contributed by atoms with Gasteiger partial charge in [-0.2, -0.15) is 0 Å². The number of thiophene rings is 1. The molecule has 0 aromatic carbocycles. The number of nitrogens with one attached hydrogen (secondary N) is 2. The van der Waals surface area contributed by atoms with E-state index in [0.717, 1.165) is 26.2 Å². The van der Waals surface area contributed by atoms with Crippen LogP contribution in [0.25, 0.3) is 0 Å². The average Bonchev–Trinajstić information content (AvgIpc) is 3.40. The molecule has 2 amide bonds. The number of carbonyl (C=O) groups excluding carboxylic acids is 3. The summed E-state index contributed by atoms with van der Waals surface area (Å²) in [5, 5.41) is 8.01. The second-order valence-electron chi connectivity index (χ2n) is 8.08. The third-order valence-corrected chi connectivity index (χ3v) is 6.79. The lowest BCUT2D eigenvalue weighted by atomic mass is 9.96. The van der Waals surface area contributed by atoms with Crippen molar-refractivity contribution in [1.29, 1.82) is 0 Å². The Morgan fingerprint density at radius 1 is 1.21 bits per heavy atom. The van der Waals surface area contributed by atoms with Crippen LogP contribution in [0.15, 0.2) is 29.8 Å². The molecule has 10 heteroatoms. The lowest BCUT2D eigenvalue weighted by Gasteiger charge is -2.33. The Morgan fingerprint density at radius 3 is 2.64 bits per heavy atom. The van der Waals surface area contributed by atoms with Gasteiger partial charge >= 0.3 is 5.97 Å². The van der Waals surface area contributed by atoms with E-state index in [0.29, 0.717) is 54.5 Å². The Balaban J connectivity index is 1.54. The Kier molecular flexibility index (Phi) is 7.56. The van der Waals surface area contributed by atoms with Gasteiger partial charge in [-0.1, -0.05) is 6.07 Å². The Bertz CT molecular complexity index is 983. The molecule has 0 saturated carbocycles. The van der Waals surface area contributed by atoms with E-state index in [9.17, 15) is 14.4 Å². The van der Waals surface area contributed by atoms with E-state index >= 15 is 0 Å². The minimum atomic E-state index is -0.227. The number of esters is 1. The molecule has 4 rings (SSSR count). The minimum Gasteiger partial charge on any atom is -0.466 e. The van der Waals surface area contributed by atoms with E-state index in [1.165, 1.54) is 11.3 Å². The van der Waals surface area contributed by atoms with Gasteiger partial charge in [0.25, 0.3) is 11.8 Å². The number of likely N-dealkylation sites (tertiary alicyclic amines) is 1. The molecule has 2 aliphatic rings. The summed E-state index contributed by atoms with van der Waals surface area (Å²) in [7, 11) is 0. The van der Waals surface area contributed by atoms with Gasteiger partial charge in [0, 0.05) is 39.3 Å². The molecular formula is C23H29N5O4S. The van der Waals surface area contributed by atoms with Gasteiger partial charge in [0.05, 0.1) is 34.8 Å². The van der Waals surface area contributed by atoms with Crippen molar-refractivity contribution in [1.82, 2.24) is 15.2 Å². The topological polar surface area (TPSA) is 104 Å². The van der Waals surface area contributed by atoms with Gasteiger partial charge < -0.3 is 25.2 Å². The number of ether oxygens (including phenoxy) is 1. The Hall–Kier alpha value is -2.98. The maximum atomic E-state index is 13.5. The molecule has 2 aromatic heterocycles. The summed E-state index contributed by atoms with van der Waals surface area (Å²) in [6.45, 7) is 6.25. The fraction of sp³-hybridized carbons (Fsp3) is 0.478. The highest BCUT2D eigenvalue weighted by molar-refractivity contribution is 7.12. The van der Waals surface area contributed by atoms with Crippen LogP contribution in [0.2, 0.25) is 0 Å². The van der Waals surface area contributed by atoms with Crippen molar-refractivity contribution >= 4 is 40.6 Å². The van der Waals surface area contributed by atoms with Crippen molar-refractivity contribution in [3.8, 4) is 0 Å². The zero-order chi connectivity index (χ0) is 23.2. The standard InChI is InChI=1S/C23H29N5O4S/c1-2-32-23(31)16-5-9-28(10-6-16)22(30)18-14-17(26-21(29)19-4-3-13-33-19)15-25-20(18)27-11-7-24-8-12-27/h3-4,13-16,24H,2,5-12H2,1H3,(H,26,29). The second-order valence-corrected chi connectivity index (χ2v) is 9.03. The van der Waals surface area contributed by atoms with Gasteiger partial charge in [0.1, 0.15) is 5.82 Å². The van der Waals surface area contributed by atoms with Crippen LogP contribution in [0.5, 0.6) is 0 Å². The second kappa shape index (κ2) is 10.8. The van der Waals surface area contributed by atoms with Crippen molar-refractivity contribution in [3.05, 3.63) is 40.2 Å². The van der Waals surface area contributed by atoms with Crippen LogP contribution in [0.4, 0.5) is 11.5 Å². The van der Waals surface area contributed by atoms with Crippen LogP contribution in [0, 0.1) is 5.92 Å². The van der Waals surface area contributed by atoms with Crippen LogP contribution in [-0.2, 0) is 9.53 Å². The van der Waals surface area contributed by atoms with Gasteiger partial charge in [-0.05, 0) is 37.3 Å². The summed E-state index contributed by atoms with van der Waals surface area (Å²) < 4.78 is 5.14. The fourth-order valence-electron chi connectivity index (χ4n) is 4.16. The molecule has 0 spiro atoms. The van der Waals surface area contributed by atoms with Crippen LogP contribution >= 0.6 is 11.3 Å². The molecular weight excluding hydrogens is 442 g/mol. The molecule has 2 fully saturated rings. The molecule has 0 radical (unpaired) electrons. The van der Waals surface area contributed by atoms with Crippen LogP contribution in [-0.4, -0.2) is 73.5 Å². The normalized spacial score (nSPS) is 17.0. The summed E-state index contributed by atoms with van der Waals surface area (Å²) in [5.74, 6) is -0.0914. The predicted molar refractivity (Wildman–Crippen MR) is 127 cm³/mol. The molecule has 4 heterocycles. The number of piperazine rings is 1. The molecule has 2 N–H and O–H groups in total.